The molecule has 1 heterocycles. The Morgan fingerprint density at radius 3 is 2.65 bits per heavy atom. The predicted molar refractivity (Wildman–Crippen MR) is 96.6 cm³/mol. The lowest BCUT2D eigenvalue weighted by Crippen LogP contribution is -2.33. The average molecular weight is 371 g/mol. The van der Waals surface area contributed by atoms with E-state index >= 15 is 0 Å². The molecule has 0 unspecified atom stereocenters. The number of carbonyl (C=O) groups excluding carboxylic acids is 1. The van der Waals surface area contributed by atoms with Crippen molar-refractivity contribution in [2.24, 2.45) is 0 Å². The largest absolute Gasteiger partial charge is 0.486 e. The Balaban J connectivity index is 1.61. The van der Waals surface area contributed by atoms with Crippen LogP contribution in [0.15, 0.2) is 47.4 Å². The molecule has 4 rings (SSSR count). The Labute approximate surface area is 151 Å². The van der Waals surface area contributed by atoms with Crippen LogP contribution in [0.3, 0.4) is 0 Å². The summed E-state index contributed by atoms with van der Waals surface area (Å²) >= 11 is 0. The fourth-order valence-electron chi connectivity index (χ4n) is 3.11. The second-order valence-electron chi connectivity index (χ2n) is 6.07. The number of fused-ring (bicyclic) bond motifs is 2. The number of sulfonamides is 1. The smallest absolute Gasteiger partial charge is 0.268 e. The molecule has 6 nitrogen and oxygen atoms in total. The molecule has 2 aliphatic rings. The molecule has 0 spiro atoms. The Hall–Kier alpha value is -2.80. The summed E-state index contributed by atoms with van der Waals surface area (Å²) in [5.41, 5.74) is 2.10. The van der Waals surface area contributed by atoms with Crippen LogP contribution >= 0.6 is 0 Å². The summed E-state index contributed by atoms with van der Waals surface area (Å²) in [6.45, 7) is 0.703. The number of ether oxygens (including phenoxy) is 2. The van der Waals surface area contributed by atoms with Crippen LogP contribution in [0, 0.1) is 0 Å². The highest BCUT2D eigenvalue weighted by molar-refractivity contribution is 7.94. The average Bonchev–Trinajstić information content (AvgIpc) is 2.66. The molecule has 2 aromatic carbocycles. The number of nitrogens with one attached hydrogen (secondary N) is 1. The molecule has 1 amide bonds. The summed E-state index contributed by atoms with van der Waals surface area (Å²) < 4.78 is 38.4. The summed E-state index contributed by atoms with van der Waals surface area (Å²) in [7, 11) is -3.93. The van der Waals surface area contributed by atoms with E-state index in [4.69, 9.17) is 9.47 Å². The van der Waals surface area contributed by atoms with Crippen LogP contribution in [0.5, 0.6) is 11.5 Å². The minimum Gasteiger partial charge on any atom is -0.486 e. The number of rotatable bonds is 3. The van der Waals surface area contributed by atoms with E-state index in [9.17, 15) is 13.2 Å². The zero-order chi connectivity index (χ0) is 18.1. The third-order valence-electron chi connectivity index (χ3n) is 4.40. The molecular formula is C19H17NO5S. The molecule has 0 saturated heterocycles. The van der Waals surface area contributed by atoms with Crippen LogP contribution in [0.25, 0.3) is 6.08 Å². The van der Waals surface area contributed by atoms with Gasteiger partial charge in [-0.1, -0.05) is 30.3 Å². The van der Waals surface area contributed by atoms with E-state index in [1.807, 2.05) is 24.3 Å². The minimum atomic E-state index is -3.93. The van der Waals surface area contributed by atoms with Gasteiger partial charge in [-0.25, -0.2) is 13.1 Å². The zero-order valence-electron chi connectivity index (χ0n) is 13.9. The van der Waals surface area contributed by atoms with Gasteiger partial charge < -0.3 is 9.47 Å². The fourth-order valence-corrected chi connectivity index (χ4v) is 4.25. The summed E-state index contributed by atoms with van der Waals surface area (Å²) in [4.78, 5) is 12.8. The van der Waals surface area contributed by atoms with Crippen molar-refractivity contribution >= 4 is 22.0 Å². The van der Waals surface area contributed by atoms with Crippen molar-refractivity contribution in [1.29, 1.82) is 0 Å². The van der Waals surface area contributed by atoms with E-state index in [1.54, 1.807) is 18.2 Å². The molecule has 26 heavy (non-hydrogen) atoms. The van der Waals surface area contributed by atoms with Gasteiger partial charge in [-0.05, 0) is 42.2 Å². The van der Waals surface area contributed by atoms with Crippen LogP contribution in [0.4, 0.5) is 0 Å². The minimum absolute atomic E-state index is 0.141. The molecule has 1 aliphatic carbocycles. The number of hydrogen-bond donors (Lipinski definition) is 1. The van der Waals surface area contributed by atoms with Crippen molar-refractivity contribution in [3.8, 4) is 11.5 Å². The highest BCUT2D eigenvalue weighted by Crippen LogP contribution is 2.34. The lowest BCUT2D eigenvalue weighted by molar-refractivity contribution is 0.0970. The van der Waals surface area contributed by atoms with Crippen LogP contribution in [0.2, 0.25) is 0 Å². The van der Waals surface area contributed by atoms with Gasteiger partial charge in [-0.2, -0.15) is 0 Å². The van der Waals surface area contributed by atoms with Gasteiger partial charge in [0.15, 0.2) is 11.5 Å². The molecule has 0 saturated carbocycles. The monoisotopic (exact) mass is 371 g/mol. The quantitative estimate of drug-likeness (QED) is 0.897. The van der Waals surface area contributed by atoms with E-state index in [-0.39, 0.29) is 16.2 Å². The third kappa shape index (κ3) is 3.06. The van der Waals surface area contributed by atoms with Crippen LogP contribution in [0.1, 0.15) is 27.9 Å². The van der Waals surface area contributed by atoms with Crippen molar-refractivity contribution < 1.29 is 22.7 Å². The number of aryl methyl sites for hydroxylation is 1. The maximum atomic E-state index is 12.7. The Morgan fingerprint density at radius 1 is 0.962 bits per heavy atom. The Morgan fingerprint density at radius 2 is 1.77 bits per heavy atom. The van der Waals surface area contributed by atoms with Gasteiger partial charge in [0.25, 0.3) is 15.9 Å². The lowest BCUT2D eigenvalue weighted by atomic mass is 9.98. The van der Waals surface area contributed by atoms with Gasteiger partial charge in [0.05, 0.1) is 10.5 Å². The Bertz CT molecular complexity index is 1010. The summed E-state index contributed by atoms with van der Waals surface area (Å²) in [5, 5.41) is 0. The Kier molecular flexibility index (Phi) is 4.16. The molecular weight excluding hydrogens is 354 g/mol. The van der Waals surface area contributed by atoms with Gasteiger partial charge in [0.2, 0.25) is 0 Å². The van der Waals surface area contributed by atoms with E-state index in [2.05, 4.69) is 4.72 Å². The predicted octanol–water partition coefficient (Wildman–Crippen LogP) is 2.50. The zero-order valence-corrected chi connectivity index (χ0v) is 14.7. The number of carbonyl (C=O) groups is 1. The molecule has 0 atom stereocenters. The van der Waals surface area contributed by atoms with Crippen molar-refractivity contribution in [2.75, 3.05) is 13.2 Å². The summed E-state index contributed by atoms with van der Waals surface area (Å²) in [5.74, 6) is -0.0198. The first-order valence-electron chi connectivity index (χ1n) is 8.29. The SMILES string of the molecule is O=C(NS(=O)(=O)C1=Cc2ccccc2CC1)c1cccc2c1OCCO2. The molecule has 134 valence electrons. The molecule has 7 heteroatoms. The van der Waals surface area contributed by atoms with E-state index in [0.717, 1.165) is 11.1 Å². The van der Waals surface area contributed by atoms with Crippen molar-refractivity contribution in [3.63, 3.8) is 0 Å². The second-order valence-corrected chi connectivity index (χ2v) is 7.81. The molecule has 0 fully saturated rings. The van der Waals surface area contributed by atoms with Gasteiger partial charge in [-0.15, -0.1) is 0 Å². The summed E-state index contributed by atoms with van der Waals surface area (Å²) in [6.07, 6.45) is 2.59. The molecule has 1 aliphatic heterocycles. The highest BCUT2D eigenvalue weighted by atomic mass is 32.2. The van der Waals surface area contributed by atoms with Crippen molar-refractivity contribution in [3.05, 3.63) is 64.1 Å². The van der Waals surface area contributed by atoms with E-state index in [0.29, 0.717) is 31.8 Å². The number of para-hydroxylation sites is 1. The highest BCUT2D eigenvalue weighted by Gasteiger charge is 2.27. The number of benzene rings is 2. The lowest BCUT2D eigenvalue weighted by Gasteiger charge is -2.21. The molecule has 0 bridgehead atoms. The topological polar surface area (TPSA) is 81.7 Å². The number of amides is 1. The van der Waals surface area contributed by atoms with E-state index in [1.165, 1.54) is 6.07 Å². The van der Waals surface area contributed by atoms with Crippen LogP contribution < -0.4 is 14.2 Å². The standard InChI is InChI=1S/C19H17NO5S/c21-19(16-6-3-7-17-18(16)25-11-10-24-17)20-26(22,23)15-9-8-13-4-1-2-5-14(13)12-15/h1-7,12H,8-11H2,(H,20,21). The van der Waals surface area contributed by atoms with E-state index < -0.39 is 15.9 Å². The first-order valence-corrected chi connectivity index (χ1v) is 9.77. The third-order valence-corrected chi connectivity index (χ3v) is 5.86. The van der Waals surface area contributed by atoms with Crippen molar-refractivity contribution in [1.82, 2.24) is 4.72 Å². The van der Waals surface area contributed by atoms with Gasteiger partial charge in [0.1, 0.15) is 13.2 Å². The fraction of sp³-hybridized carbons (Fsp3) is 0.211. The molecule has 2 aromatic rings. The normalized spacial score (nSPS) is 15.6. The number of allylic oxidation sites excluding steroid dienone is 1. The molecule has 1 N–H and O–H groups in total. The maximum absolute atomic E-state index is 12.7. The second kappa shape index (κ2) is 6.49. The van der Waals surface area contributed by atoms with Gasteiger partial charge >= 0.3 is 0 Å². The van der Waals surface area contributed by atoms with Gasteiger partial charge in [0, 0.05) is 0 Å². The number of hydrogen-bond acceptors (Lipinski definition) is 5. The van der Waals surface area contributed by atoms with Crippen LogP contribution in [-0.4, -0.2) is 27.5 Å². The maximum Gasteiger partial charge on any atom is 0.268 e. The van der Waals surface area contributed by atoms with Gasteiger partial charge in [-0.3, -0.25) is 4.79 Å². The summed E-state index contributed by atoms with van der Waals surface area (Å²) in [6, 6.07) is 12.5. The van der Waals surface area contributed by atoms with Crippen LogP contribution in [-0.2, 0) is 16.4 Å². The first-order chi connectivity index (χ1) is 12.5. The molecule has 0 aromatic heterocycles. The molecule has 0 radical (unpaired) electrons. The van der Waals surface area contributed by atoms with Crippen molar-refractivity contribution in [2.45, 2.75) is 12.8 Å². The first kappa shape index (κ1) is 16.7.